The number of allylic oxidation sites excluding steroid dienone is 1. The Morgan fingerprint density at radius 2 is 1.77 bits per heavy atom. The Balaban J connectivity index is 2.08. The maximum atomic E-state index is 12.0. The van der Waals surface area contributed by atoms with Crippen LogP contribution < -0.4 is 5.32 Å². The van der Waals surface area contributed by atoms with Gasteiger partial charge in [0.25, 0.3) is 0 Å². The van der Waals surface area contributed by atoms with Crippen molar-refractivity contribution in [2.45, 2.75) is 0 Å². The molecule has 2 aromatic carbocycles. The van der Waals surface area contributed by atoms with E-state index in [-0.39, 0.29) is 5.78 Å². The lowest BCUT2D eigenvalue weighted by Crippen LogP contribution is -2.05. The van der Waals surface area contributed by atoms with Crippen molar-refractivity contribution >= 4 is 29.0 Å². The van der Waals surface area contributed by atoms with Gasteiger partial charge in [-0.1, -0.05) is 23.7 Å². The van der Waals surface area contributed by atoms with Crippen LogP contribution in [-0.4, -0.2) is 18.9 Å². The predicted molar refractivity (Wildman–Crippen MR) is 86.3 cm³/mol. The summed E-state index contributed by atoms with van der Waals surface area (Å²) < 4.78 is 4.70. The second-order valence-electron chi connectivity index (χ2n) is 4.39. The molecule has 0 aromatic heterocycles. The smallest absolute Gasteiger partial charge is 0.339 e. The Bertz CT molecular complexity index is 708. The molecule has 0 heterocycles. The average molecular weight is 316 g/mol. The van der Waals surface area contributed by atoms with Crippen molar-refractivity contribution in [1.29, 1.82) is 0 Å². The SMILES string of the molecule is COC(=O)c1ccccc1N/C=C\C(=O)c1ccc(Cl)cc1. The van der Waals surface area contributed by atoms with Crippen LogP contribution in [0.1, 0.15) is 20.7 Å². The molecule has 0 unspecified atom stereocenters. The summed E-state index contributed by atoms with van der Waals surface area (Å²) in [5.74, 6) is -0.611. The van der Waals surface area contributed by atoms with Crippen molar-refractivity contribution in [3.05, 3.63) is 77.0 Å². The third kappa shape index (κ3) is 3.96. The summed E-state index contributed by atoms with van der Waals surface area (Å²) in [7, 11) is 1.32. The Morgan fingerprint density at radius 1 is 1.09 bits per heavy atom. The van der Waals surface area contributed by atoms with E-state index in [0.29, 0.717) is 21.8 Å². The molecule has 0 saturated heterocycles. The maximum Gasteiger partial charge on any atom is 0.339 e. The highest BCUT2D eigenvalue weighted by molar-refractivity contribution is 6.30. The number of nitrogens with one attached hydrogen (secondary N) is 1. The van der Waals surface area contributed by atoms with Gasteiger partial charge in [0, 0.05) is 22.9 Å². The van der Waals surface area contributed by atoms with Gasteiger partial charge < -0.3 is 10.1 Å². The molecule has 5 heteroatoms. The second-order valence-corrected chi connectivity index (χ2v) is 4.82. The monoisotopic (exact) mass is 315 g/mol. The molecule has 0 fully saturated rings. The molecule has 2 aromatic rings. The van der Waals surface area contributed by atoms with Gasteiger partial charge in [-0.05, 0) is 36.4 Å². The van der Waals surface area contributed by atoms with Crippen LogP contribution in [0.25, 0.3) is 0 Å². The number of ketones is 1. The number of esters is 1. The predicted octanol–water partition coefficient (Wildman–Crippen LogP) is 3.94. The number of hydrogen-bond acceptors (Lipinski definition) is 4. The van der Waals surface area contributed by atoms with Crippen LogP contribution >= 0.6 is 11.6 Å². The topological polar surface area (TPSA) is 55.4 Å². The molecule has 0 saturated carbocycles. The number of para-hydroxylation sites is 1. The van der Waals surface area contributed by atoms with Gasteiger partial charge in [-0.2, -0.15) is 0 Å². The molecule has 1 N–H and O–H groups in total. The molecule has 22 heavy (non-hydrogen) atoms. The molecular weight excluding hydrogens is 302 g/mol. The van der Waals surface area contributed by atoms with E-state index in [9.17, 15) is 9.59 Å². The first-order valence-electron chi connectivity index (χ1n) is 6.52. The molecule has 0 radical (unpaired) electrons. The summed E-state index contributed by atoms with van der Waals surface area (Å²) in [5.41, 5.74) is 1.49. The molecule has 0 aliphatic rings. The number of rotatable bonds is 5. The summed E-state index contributed by atoms with van der Waals surface area (Å²) in [6.45, 7) is 0. The van der Waals surface area contributed by atoms with Crippen LogP contribution in [0.4, 0.5) is 5.69 Å². The number of ether oxygens (including phenoxy) is 1. The van der Waals surface area contributed by atoms with Crippen LogP contribution in [0.2, 0.25) is 5.02 Å². The highest BCUT2D eigenvalue weighted by atomic mass is 35.5. The first-order chi connectivity index (χ1) is 10.6. The first-order valence-corrected chi connectivity index (χ1v) is 6.90. The molecule has 4 nitrogen and oxygen atoms in total. The molecule has 0 spiro atoms. The fourth-order valence-corrected chi connectivity index (χ4v) is 1.94. The van der Waals surface area contributed by atoms with Crippen LogP contribution in [-0.2, 0) is 4.74 Å². The van der Waals surface area contributed by atoms with E-state index < -0.39 is 5.97 Å². The number of hydrogen-bond donors (Lipinski definition) is 1. The summed E-state index contributed by atoms with van der Waals surface area (Å²) in [5, 5.41) is 3.49. The highest BCUT2D eigenvalue weighted by Crippen LogP contribution is 2.16. The summed E-state index contributed by atoms with van der Waals surface area (Å²) in [6, 6.07) is 13.5. The minimum atomic E-state index is -0.444. The van der Waals surface area contributed by atoms with E-state index in [2.05, 4.69) is 5.32 Å². The fraction of sp³-hybridized carbons (Fsp3) is 0.0588. The van der Waals surface area contributed by atoms with E-state index in [4.69, 9.17) is 16.3 Å². The Morgan fingerprint density at radius 3 is 2.45 bits per heavy atom. The van der Waals surface area contributed by atoms with Gasteiger partial charge in [-0.25, -0.2) is 4.79 Å². The van der Waals surface area contributed by atoms with Crippen LogP contribution in [0, 0.1) is 0 Å². The number of methoxy groups -OCH3 is 1. The maximum absolute atomic E-state index is 12.0. The lowest BCUT2D eigenvalue weighted by molar-refractivity contribution is 0.0602. The molecule has 0 atom stereocenters. The van der Waals surface area contributed by atoms with E-state index >= 15 is 0 Å². The Hall–Kier alpha value is -2.59. The third-order valence-electron chi connectivity index (χ3n) is 2.93. The summed E-state index contributed by atoms with van der Waals surface area (Å²) in [4.78, 5) is 23.6. The second kappa shape index (κ2) is 7.43. The summed E-state index contributed by atoms with van der Waals surface area (Å²) in [6.07, 6.45) is 2.87. The average Bonchev–Trinajstić information content (AvgIpc) is 2.55. The molecule has 2 rings (SSSR count). The zero-order valence-electron chi connectivity index (χ0n) is 11.9. The van der Waals surface area contributed by atoms with Gasteiger partial charge in [0.05, 0.1) is 18.4 Å². The highest BCUT2D eigenvalue weighted by Gasteiger charge is 2.09. The molecule has 0 aliphatic carbocycles. The quantitative estimate of drug-likeness (QED) is 0.516. The van der Waals surface area contributed by atoms with Gasteiger partial charge >= 0.3 is 5.97 Å². The normalized spacial score (nSPS) is 10.5. The van der Waals surface area contributed by atoms with Crippen molar-refractivity contribution in [3.8, 4) is 0 Å². The zero-order valence-corrected chi connectivity index (χ0v) is 12.6. The van der Waals surface area contributed by atoms with Gasteiger partial charge in [0.1, 0.15) is 0 Å². The van der Waals surface area contributed by atoms with Gasteiger partial charge in [-0.3, -0.25) is 4.79 Å². The van der Waals surface area contributed by atoms with Crippen LogP contribution in [0.3, 0.4) is 0 Å². The van der Waals surface area contributed by atoms with E-state index in [1.807, 2.05) is 0 Å². The van der Waals surface area contributed by atoms with Gasteiger partial charge in [0.2, 0.25) is 0 Å². The Labute approximate surface area is 133 Å². The lowest BCUT2D eigenvalue weighted by atomic mass is 10.1. The number of halogens is 1. The summed E-state index contributed by atoms with van der Waals surface area (Å²) >= 11 is 5.78. The van der Waals surface area contributed by atoms with Crippen molar-refractivity contribution in [2.75, 3.05) is 12.4 Å². The molecule has 0 bridgehead atoms. The number of carbonyl (C=O) groups excluding carboxylic acids is 2. The standard InChI is InChI=1S/C17H14ClNO3/c1-22-17(21)14-4-2-3-5-15(14)19-11-10-16(20)12-6-8-13(18)9-7-12/h2-11,19H,1H3/b11-10-. The molecular formula is C17H14ClNO3. The van der Waals surface area contributed by atoms with E-state index in [1.165, 1.54) is 19.4 Å². The molecule has 0 amide bonds. The van der Waals surface area contributed by atoms with E-state index in [0.717, 1.165) is 0 Å². The largest absolute Gasteiger partial charge is 0.465 e. The minimum Gasteiger partial charge on any atom is -0.465 e. The van der Waals surface area contributed by atoms with Crippen molar-refractivity contribution < 1.29 is 14.3 Å². The number of carbonyl (C=O) groups is 2. The lowest BCUT2D eigenvalue weighted by Gasteiger charge is -2.06. The Kier molecular flexibility index (Phi) is 5.33. The van der Waals surface area contributed by atoms with Crippen LogP contribution in [0.5, 0.6) is 0 Å². The molecule has 0 aliphatic heterocycles. The van der Waals surface area contributed by atoms with Gasteiger partial charge in [-0.15, -0.1) is 0 Å². The zero-order chi connectivity index (χ0) is 15.9. The van der Waals surface area contributed by atoms with E-state index in [1.54, 1.807) is 48.5 Å². The number of benzene rings is 2. The van der Waals surface area contributed by atoms with Gasteiger partial charge in [0.15, 0.2) is 5.78 Å². The number of anilines is 1. The van der Waals surface area contributed by atoms with Crippen LogP contribution in [0.15, 0.2) is 60.8 Å². The third-order valence-corrected chi connectivity index (χ3v) is 3.19. The molecule has 112 valence electrons. The first kappa shape index (κ1) is 15.8. The van der Waals surface area contributed by atoms with Crippen molar-refractivity contribution in [1.82, 2.24) is 0 Å². The fourth-order valence-electron chi connectivity index (χ4n) is 1.81. The van der Waals surface area contributed by atoms with Crippen molar-refractivity contribution in [2.24, 2.45) is 0 Å². The minimum absolute atomic E-state index is 0.167. The van der Waals surface area contributed by atoms with Crippen molar-refractivity contribution in [3.63, 3.8) is 0 Å².